The van der Waals surface area contributed by atoms with E-state index in [1.165, 1.54) is 0 Å². The van der Waals surface area contributed by atoms with Crippen LogP contribution in [0.2, 0.25) is 0 Å². The minimum absolute atomic E-state index is 0.0328. The second-order valence-electron chi connectivity index (χ2n) is 6.22. The Hall–Kier alpha value is -1.52. The number of carbonyl (C=O) groups is 1. The highest BCUT2D eigenvalue weighted by Crippen LogP contribution is 2.54. The van der Waals surface area contributed by atoms with Crippen LogP contribution in [0.5, 0.6) is 0 Å². The molecule has 1 aromatic rings. The standard InChI is InChI=1S/C16H18F3NO/c17-16(18,19)10-20(9-11-4-2-1-3-5-11)15(21)14-7-12-6-13(12)8-14/h1-5,12-14H,6-10H2. The number of halogens is 3. The molecular formula is C16H18F3NO. The zero-order chi connectivity index (χ0) is 15.0. The Labute approximate surface area is 121 Å². The third kappa shape index (κ3) is 3.57. The smallest absolute Gasteiger partial charge is 0.329 e. The Bertz CT molecular complexity index is 504. The molecule has 1 aromatic carbocycles. The molecule has 0 heterocycles. The number of nitrogens with zero attached hydrogens (tertiary/aromatic N) is 1. The topological polar surface area (TPSA) is 20.3 Å². The number of rotatable bonds is 4. The van der Waals surface area contributed by atoms with E-state index in [1.54, 1.807) is 24.3 Å². The first-order valence-electron chi connectivity index (χ1n) is 7.32. The van der Waals surface area contributed by atoms with E-state index in [0.717, 1.165) is 29.7 Å². The monoisotopic (exact) mass is 297 g/mol. The van der Waals surface area contributed by atoms with Crippen molar-refractivity contribution in [1.82, 2.24) is 4.90 Å². The van der Waals surface area contributed by atoms with Gasteiger partial charge in [-0.05, 0) is 36.7 Å². The van der Waals surface area contributed by atoms with Crippen LogP contribution in [0.15, 0.2) is 30.3 Å². The summed E-state index contributed by atoms with van der Waals surface area (Å²) < 4.78 is 38.2. The Kier molecular flexibility index (Phi) is 3.68. The first kappa shape index (κ1) is 14.4. The van der Waals surface area contributed by atoms with Crippen molar-refractivity contribution in [2.75, 3.05) is 6.54 Å². The first-order chi connectivity index (χ1) is 9.92. The van der Waals surface area contributed by atoms with Crippen molar-refractivity contribution in [3.8, 4) is 0 Å². The summed E-state index contributed by atoms with van der Waals surface area (Å²) in [6, 6.07) is 8.86. The molecule has 2 aliphatic rings. The molecule has 0 N–H and O–H groups in total. The van der Waals surface area contributed by atoms with Gasteiger partial charge in [0.25, 0.3) is 0 Å². The zero-order valence-corrected chi connectivity index (χ0v) is 11.6. The molecule has 0 saturated heterocycles. The van der Waals surface area contributed by atoms with E-state index < -0.39 is 12.7 Å². The summed E-state index contributed by atoms with van der Waals surface area (Å²) in [5.74, 6) is 0.634. The van der Waals surface area contributed by atoms with Crippen molar-refractivity contribution < 1.29 is 18.0 Å². The second-order valence-corrected chi connectivity index (χ2v) is 6.22. The van der Waals surface area contributed by atoms with Gasteiger partial charge >= 0.3 is 6.18 Å². The predicted molar refractivity (Wildman–Crippen MR) is 72.2 cm³/mol. The van der Waals surface area contributed by atoms with E-state index in [-0.39, 0.29) is 18.4 Å². The van der Waals surface area contributed by atoms with E-state index in [1.807, 2.05) is 6.07 Å². The maximum absolute atomic E-state index is 12.7. The highest BCUT2D eigenvalue weighted by Gasteiger charge is 2.49. The van der Waals surface area contributed by atoms with Gasteiger partial charge in [0.15, 0.2) is 0 Å². The Morgan fingerprint density at radius 3 is 2.29 bits per heavy atom. The van der Waals surface area contributed by atoms with Crippen molar-refractivity contribution >= 4 is 5.91 Å². The highest BCUT2D eigenvalue weighted by atomic mass is 19.4. The van der Waals surface area contributed by atoms with Gasteiger partial charge in [0.05, 0.1) is 0 Å². The fraction of sp³-hybridized carbons (Fsp3) is 0.562. The molecule has 2 unspecified atom stereocenters. The lowest BCUT2D eigenvalue weighted by Crippen LogP contribution is -2.41. The predicted octanol–water partition coefficient (Wildman–Crippen LogP) is 3.62. The van der Waals surface area contributed by atoms with Crippen LogP contribution in [0.1, 0.15) is 24.8 Å². The fourth-order valence-electron chi connectivity index (χ4n) is 3.41. The molecule has 0 bridgehead atoms. The van der Waals surface area contributed by atoms with Crippen LogP contribution in [0, 0.1) is 17.8 Å². The SMILES string of the molecule is O=C(C1CC2CC2C1)N(Cc1ccccc1)CC(F)(F)F. The van der Waals surface area contributed by atoms with Crippen molar-refractivity contribution in [2.24, 2.45) is 17.8 Å². The van der Waals surface area contributed by atoms with Crippen molar-refractivity contribution in [1.29, 1.82) is 0 Å². The average molecular weight is 297 g/mol. The summed E-state index contributed by atoms with van der Waals surface area (Å²) in [5.41, 5.74) is 0.734. The molecule has 0 aromatic heterocycles. The number of benzene rings is 1. The summed E-state index contributed by atoms with van der Waals surface area (Å²) in [6.07, 6.45) is -1.66. The summed E-state index contributed by atoms with van der Waals surface area (Å²) >= 11 is 0. The number of fused-ring (bicyclic) bond motifs is 1. The first-order valence-corrected chi connectivity index (χ1v) is 7.32. The van der Waals surface area contributed by atoms with E-state index in [2.05, 4.69) is 0 Å². The summed E-state index contributed by atoms with van der Waals surface area (Å²) in [7, 11) is 0. The molecule has 2 saturated carbocycles. The Balaban J connectivity index is 1.70. The number of hydrogen-bond acceptors (Lipinski definition) is 1. The largest absolute Gasteiger partial charge is 0.406 e. The molecule has 21 heavy (non-hydrogen) atoms. The van der Waals surface area contributed by atoms with Crippen LogP contribution in [-0.2, 0) is 11.3 Å². The van der Waals surface area contributed by atoms with Gasteiger partial charge < -0.3 is 4.90 Å². The molecule has 0 spiro atoms. The van der Waals surface area contributed by atoms with Gasteiger partial charge in [-0.3, -0.25) is 4.79 Å². The van der Waals surface area contributed by atoms with Gasteiger partial charge in [-0.2, -0.15) is 13.2 Å². The van der Waals surface area contributed by atoms with Crippen molar-refractivity contribution in [2.45, 2.75) is 32.0 Å². The fourth-order valence-corrected chi connectivity index (χ4v) is 3.41. The number of carbonyl (C=O) groups excluding carboxylic acids is 1. The molecular weight excluding hydrogens is 279 g/mol. The van der Waals surface area contributed by atoms with E-state index in [4.69, 9.17) is 0 Å². The summed E-state index contributed by atoms with van der Waals surface area (Å²) in [5, 5.41) is 0. The summed E-state index contributed by atoms with van der Waals surface area (Å²) in [4.78, 5) is 13.4. The molecule has 3 rings (SSSR count). The van der Waals surface area contributed by atoms with Crippen LogP contribution in [0.25, 0.3) is 0 Å². The molecule has 5 heteroatoms. The van der Waals surface area contributed by atoms with Gasteiger partial charge in [0.2, 0.25) is 5.91 Å². The van der Waals surface area contributed by atoms with Gasteiger partial charge in [-0.25, -0.2) is 0 Å². The van der Waals surface area contributed by atoms with E-state index >= 15 is 0 Å². The van der Waals surface area contributed by atoms with Crippen LogP contribution < -0.4 is 0 Å². The molecule has 2 aliphatic carbocycles. The van der Waals surface area contributed by atoms with Gasteiger partial charge in [0.1, 0.15) is 6.54 Å². The maximum atomic E-state index is 12.7. The highest BCUT2D eigenvalue weighted by molar-refractivity contribution is 5.79. The second kappa shape index (κ2) is 5.35. The Morgan fingerprint density at radius 2 is 1.71 bits per heavy atom. The van der Waals surface area contributed by atoms with Crippen LogP contribution in [-0.4, -0.2) is 23.5 Å². The van der Waals surface area contributed by atoms with E-state index in [0.29, 0.717) is 11.8 Å². The van der Waals surface area contributed by atoms with Crippen molar-refractivity contribution in [3.63, 3.8) is 0 Å². The van der Waals surface area contributed by atoms with Gasteiger partial charge in [-0.15, -0.1) is 0 Å². The quantitative estimate of drug-likeness (QED) is 0.831. The van der Waals surface area contributed by atoms with Gasteiger partial charge in [0, 0.05) is 12.5 Å². The van der Waals surface area contributed by atoms with Crippen LogP contribution in [0.4, 0.5) is 13.2 Å². The lowest BCUT2D eigenvalue weighted by atomic mass is 10.0. The minimum Gasteiger partial charge on any atom is -0.329 e. The lowest BCUT2D eigenvalue weighted by molar-refractivity contribution is -0.165. The number of alkyl halides is 3. The lowest BCUT2D eigenvalue weighted by Gasteiger charge is -2.27. The molecule has 2 atom stereocenters. The third-order valence-electron chi connectivity index (χ3n) is 4.49. The van der Waals surface area contributed by atoms with Crippen LogP contribution in [0.3, 0.4) is 0 Å². The van der Waals surface area contributed by atoms with Crippen LogP contribution >= 0.6 is 0 Å². The molecule has 0 radical (unpaired) electrons. The summed E-state index contributed by atoms with van der Waals surface area (Å²) in [6.45, 7) is -1.13. The van der Waals surface area contributed by atoms with Gasteiger partial charge in [-0.1, -0.05) is 30.3 Å². The average Bonchev–Trinajstić information content (AvgIpc) is 3.03. The normalized spacial score (nSPS) is 27.3. The van der Waals surface area contributed by atoms with Crippen molar-refractivity contribution in [3.05, 3.63) is 35.9 Å². The molecule has 114 valence electrons. The zero-order valence-electron chi connectivity index (χ0n) is 11.6. The molecule has 1 amide bonds. The maximum Gasteiger partial charge on any atom is 0.406 e. The third-order valence-corrected chi connectivity index (χ3v) is 4.49. The molecule has 2 fully saturated rings. The number of amides is 1. The minimum atomic E-state index is -4.36. The number of hydrogen-bond donors (Lipinski definition) is 0. The molecule has 2 nitrogen and oxygen atoms in total. The Morgan fingerprint density at radius 1 is 1.10 bits per heavy atom. The molecule has 0 aliphatic heterocycles. The van der Waals surface area contributed by atoms with E-state index in [9.17, 15) is 18.0 Å².